The zero-order valence-corrected chi connectivity index (χ0v) is 20.9. The molecule has 2 heterocycles. The molecule has 0 spiro atoms. The molecule has 4 aromatic rings. The van der Waals surface area contributed by atoms with Crippen molar-refractivity contribution in [3.8, 4) is 22.5 Å². The lowest BCUT2D eigenvalue weighted by Gasteiger charge is -2.17. The van der Waals surface area contributed by atoms with Gasteiger partial charge < -0.3 is 20.4 Å². The SMILES string of the molecule is CNC(=O)CCCCC[C@H](NC(=O)OCc1ccccc1)c1ncc(-c2ccc(-c3ccn[nH]3)cc2)[nH]1. The van der Waals surface area contributed by atoms with Gasteiger partial charge in [0.15, 0.2) is 0 Å². The first-order valence-corrected chi connectivity index (χ1v) is 12.5. The minimum Gasteiger partial charge on any atom is -0.445 e. The quantitative estimate of drug-likeness (QED) is 0.201. The molecule has 4 rings (SSSR count). The molecule has 192 valence electrons. The largest absolute Gasteiger partial charge is 0.445 e. The second kappa shape index (κ2) is 13.1. The Kier molecular flexibility index (Phi) is 9.07. The number of nitrogens with zero attached hydrogens (tertiary/aromatic N) is 2. The van der Waals surface area contributed by atoms with Crippen LogP contribution in [0.25, 0.3) is 22.5 Å². The van der Waals surface area contributed by atoms with Gasteiger partial charge in [0.25, 0.3) is 0 Å². The standard InChI is InChI=1S/C28H32N6O3/c1-29-26(35)11-7-3-6-10-24(33-28(36)37-19-20-8-4-2-5-9-20)27-30-18-25(32-27)22-14-12-21(13-15-22)23-16-17-31-34-23/h2,4-5,8-9,12-18,24H,3,6-7,10-11,19H2,1H3,(H,29,35)(H,30,32)(H,31,34)(H,33,36)/t24-/m0/s1. The average Bonchev–Trinajstić information content (AvgIpc) is 3.65. The van der Waals surface area contributed by atoms with Gasteiger partial charge in [0, 0.05) is 19.7 Å². The van der Waals surface area contributed by atoms with Crippen LogP contribution in [0.1, 0.15) is 49.5 Å². The van der Waals surface area contributed by atoms with Crippen molar-refractivity contribution >= 4 is 12.0 Å². The van der Waals surface area contributed by atoms with E-state index >= 15 is 0 Å². The number of aromatic amines is 2. The fraction of sp³-hybridized carbons (Fsp3) is 0.286. The van der Waals surface area contributed by atoms with E-state index in [-0.39, 0.29) is 18.6 Å². The Morgan fingerprint density at radius 2 is 1.70 bits per heavy atom. The first-order valence-electron chi connectivity index (χ1n) is 12.5. The van der Waals surface area contributed by atoms with Gasteiger partial charge in [-0.2, -0.15) is 5.10 Å². The number of nitrogens with one attached hydrogen (secondary N) is 4. The molecule has 0 unspecified atom stereocenters. The van der Waals surface area contributed by atoms with Crippen LogP contribution in [-0.2, 0) is 16.1 Å². The van der Waals surface area contributed by atoms with E-state index in [4.69, 9.17) is 4.74 Å². The van der Waals surface area contributed by atoms with Crippen LogP contribution in [0.3, 0.4) is 0 Å². The zero-order chi connectivity index (χ0) is 25.9. The predicted octanol–water partition coefficient (Wildman–Crippen LogP) is 5.13. The summed E-state index contributed by atoms with van der Waals surface area (Å²) in [5.74, 6) is 0.698. The first-order chi connectivity index (χ1) is 18.1. The zero-order valence-electron chi connectivity index (χ0n) is 20.9. The summed E-state index contributed by atoms with van der Waals surface area (Å²) < 4.78 is 5.44. The summed E-state index contributed by atoms with van der Waals surface area (Å²) in [6, 6.07) is 19.2. The van der Waals surface area contributed by atoms with Crippen molar-refractivity contribution in [2.75, 3.05) is 7.05 Å². The fourth-order valence-electron chi connectivity index (χ4n) is 4.03. The molecule has 37 heavy (non-hydrogen) atoms. The Labute approximate surface area is 216 Å². The minimum atomic E-state index is -0.499. The van der Waals surface area contributed by atoms with Crippen LogP contribution in [-0.4, -0.2) is 39.2 Å². The highest BCUT2D eigenvalue weighted by Gasteiger charge is 2.19. The van der Waals surface area contributed by atoms with E-state index < -0.39 is 6.09 Å². The van der Waals surface area contributed by atoms with Gasteiger partial charge in [-0.05, 0) is 35.6 Å². The maximum atomic E-state index is 12.6. The molecule has 0 aliphatic heterocycles. The van der Waals surface area contributed by atoms with Crippen LogP contribution >= 0.6 is 0 Å². The molecule has 0 fully saturated rings. The van der Waals surface area contributed by atoms with Crippen LogP contribution in [0.4, 0.5) is 4.79 Å². The Morgan fingerprint density at radius 3 is 2.41 bits per heavy atom. The van der Waals surface area contributed by atoms with E-state index in [0.717, 1.165) is 47.3 Å². The van der Waals surface area contributed by atoms with E-state index in [9.17, 15) is 9.59 Å². The number of hydrogen-bond acceptors (Lipinski definition) is 5. The van der Waals surface area contributed by atoms with E-state index in [1.165, 1.54) is 0 Å². The number of H-pyrrole nitrogens is 2. The summed E-state index contributed by atoms with van der Waals surface area (Å²) >= 11 is 0. The highest BCUT2D eigenvalue weighted by molar-refractivity contribution is 5.75. The molecule has 0 aliphatic carbocycles. The number of hydrogen-bond donors (Lipinski definition) is 4. The van der Waals surface area contributed by atoms with Crippen LogP contribution < -0.4 is 10.6 Å². The molecule has 2 aromatic heterocycles. The Hall–Kier alpha value is -4.40. The Morgan fingerprint density at radius 1 is 0.946 bits per heavy atom. The summed E-state index contributed by atoms with van der Waals surface area (Å²) in [4.78, 5) is 32.0. The second-order valence-corrected chi connectivity index (χ2v) is 8.76. The molecule has 9 heteroatoms. The summed E-state index contributed by atoms with van der Waals surface area (Å²) in [5.41, 5.74) is 4.75. The monoisotopic (exact) mass is 500 g/mol. The van der Waals surface area contributed by atoms with E-state index in [1.54, 1.807) is 19.4 Å². The van der Waals surface area contributed by atoms with Gasteiger partial charge in [-0.3, -0.25) is 9.89 Å². The van der Waals surface area contributed by atoms with Crippen LogP contribution in [0, 0.1) is 0 Å². The van der Waals surface area contributed by atoms with Gasteiger partial charge in [0.1, 0.15) is 12.4 Å². The Bertz CT molecular complexity index is 1250. The van der Waals surface area contributed by atoms with Crippen molar-refractivity contribution in [2.24, 2.45) is 0 Å². The molecular weight excluding hydrogens is 468 g/mol. The number of imidazole rings is 1. The Balaban J connectivity index is 1.40. The average molecular weight is 501 g/mol. The number of alkyl carbamates (subject to hydrolysis) is 1. The molecule has 2 amide bonds. The molecule has 0 bridgehead atoms. The number of benzene rings is 2. The topological polar surface area (TPSA) is 125 Å². The van der Waals surface area contributed by atoms with Gasteiger partial charge in [0.2, 0.25) is 5.91 Å². The number of unbranched alkanes of at least 4 members (excludes halogenated alkanes) is 2. The van der Waals surface area contributed by atoms with Gasteiger partial charge in [-0.1, -0.05) is 67.4 Å². The lowest BCUT2D eigenvalue weighted by molar-refractivity contribution is -0.120. The number of rotatable bonds is 12. The van der Waals surface area contributed by atoms with Crippen molar-refractivity contribution in [3.63, 3.8) is 0 Å². The third-order valence-electron chi connectivity index (χ3n) is 6.11. The number of amides is 2. The molecule has 0 saturated heterocycles. The van der Waals surface area contributed by atoms with Crippen molar-refractivity contribution in [2.45, 2.75) is 44.8 Å². The molecule has 0 aliphatic rings. The highest BCUT2D eigenvalue weighted by atomic mass is 16.5. The lowest BCUT2D eigenvalue weighted by atomic mass is 10.1. The molecule has 0 radical (unpaired) electrons. The summed E-state index contributed by atoms with van der Waals surface area (Å²) in [6.07, 6.45) is 6.64. The number of carbonyl (C=O) groups excluding carboxylic acids is 2. The van der Waals surface area contributed by atoms with Crippen molar-refractivity contribution < 1.29 is 14.3 Å². The third-order valence-corrected chi connectivity index (χ3v) is 6.11. The molecule has 4 N–H and O–H groups in total. The second-order valence-electron chi connectivity index (χ2n) is 8.76. The predicted molar refractivity (Wildman–Crippen MR) is 141 cm³/mol. The van der Waals surface area contributed by atoms with E-state index in [0.29, 0.717) is 18.7 Å². The third kappa shape index (κ3) is 7.54. The van der Waals surface area contributed by atoms with Gasteiger partial charge >= 0.3 is 6.09 Å². The maximum Gasteiger partial charge on any atom is 0.408 e. The van der Waals surface area contributed by atoms with E-state index in [2.05, 4.69) is 30.8 Å². The summed E-state index contributed by atoms with van der Waals surface area (Å²) in [5, 5.41) is 12.6. The number of carbonyl (C=O) groups is 2. The molecule has 9 nitrogen and oxygen atoms in total. The summed E-state index contributed by atoms with van der Waals surface area (Å²) in [7, 11) is 1.64. The number of aromatic nitrogens is 4. The van der Waals surface area contributed by atoms with Gasteiger partial charge in [-0.15, -0.1) is 0 Å². The molecule has 1 atom stereocenters. The molecular formula is C28H32N6O3. The van der Waals surface area contributed by atoms with Crippen LogP contribution in [0.5, 0.6) is 0 Å². The van der Waals surface area contributed by atoms with Crippen LogP contribution in [0.15, 0.2) is 73.1 Å². The summed E-state index contributed by atoms with van der Waals surface area (Å²) in [6.45, 7) is 0.192. The van der Waals surface area contributed by atoms with Crippen LogP contribution in [0.2, 0.25) is 0 Å². The van der Waals surface area contributed by atoms with Crippen molar-refractivity contribution in [1.82, 2.24) is 30.8 Å². The van der Waals surface area contributed by atoms with Gasteiger partial charge in [0.05, 0.1) is 23.6 Å². The lowest BCUT2D eigenvalue weighted by Crippen LogP contribution is -2.30. The van der Waals surface area contributed by atoms with Crippen molar-refractivity contribution in [3.05, 3.63) is 84.4 Å². The first kappa shape index (κ1) is 25.7. The van der Waals surface area contributed by atoms with E-state index in [1.807, 2.05) is 60.7 Å². The smallest absolute Gasteiger partial charge is 0.408 e. The fourth-order valence-corrected chi connectivity index (χ4v) is 4.03. The minimum absolute atomic E-state index is 0.0355. The maximum absolute atomic E-state index is 12.6. The van der Waals surface area contributed by atoms with Gasteiger partial charge in [-0.25, -0.2) is 9.78 Å². The number of ether oxygens (including phenoxy) is 1. The highest BCUT2D eigenvalue weighted by Crippen LogP contribution is 2.25. The molecule has 0 saturated carbocycles. The normalized spacial score (nSPS) is 11.6. The molecule has 2 aromatic carbocycles. The van der Waals surface area contributed by atoms with Crippen molar-refractivity contribution in [1.29, 1.82) is 0 Å².